The van der Waals surface area contributed by atoms with Crippen LogP contribution in [0.3, 0.4) is 0 Å². The number of benzene rings is 2. The van der Waals surface area contributed by atoms with E-state index in [9.17, 15) is 5.11 Å². The maximum Gasteiger partial charge on any atom is 0.134 e. The van der Waals surface area contributed by atoms with Gasteiger partial charge in [0, 0.05) is 25.0 Å². The molecule has 0 saturated carbocycles. The van der Waals surface area contributed by atoms with Crippen LogP contribution in [0.2, 0.25) is 0 Å². The highest BCUT2D eigenvalue weighted by Gasteiger charge is 2.16. The Morgan fingerprint density at radius 1 is 1.19 bits per heavy atom. The summed E-state index contributed by atoms with van der Waals surface area (Å²) < 4.78 is 11.7. The molecule has 1 saturated heterocycles. The lowest BCUT2D eigenvalue weighted by molar-refractivity contribution is 0.0755. The van der Waals surface area contributed by atoms with Gasteiger partial charge in [-0.3, -0.25) is 4.90 Å². The first-order valence-corrected chi connectivity index (χ1v) is 9.70. The molecule has 26 heavy (non-hydrogen) atoms. The largest absolute Gasteiger partial charge is 0.492 e. The van der Waals surface area contributed by atoms with Crippen molar-refractivity contribution in [3.8, 4) is 5.75 Å². The van der Waals surface area contributed by atoms with Gasteiger partial charge >= 0.3 is 0 Å². The lowest BCUT2D eigenvalue weighted by Gasteiger charge is -2.29. The second-order valence-corrected chi connectivity index (χ2v) is 7.25. The van der Waals surface area contributed by atoms with Gasteiger partial charge < -0.3 is 14.3 Å². The fraction of sp³-hybridized carbons (Fsp3) is 0.455. The van der Waals surface area contributed by atoms with Crippen molar-refractivity contribution in [3.63, 3.8) is 0 Å². The maximum absolute atomic E-state index is 9.58. The summed E-state index contributed by atoms with van der Waals surface area (Å²) in [5.41, 5.74) is 2.25. The highest BCUT2D eigenvalue weighted by Crippen LogP contribution is 2.32. The van der Waals surface area contributed by atoms with E-state index in [1.807, 2.05) is 6.26 Å². The Bertz CT molecular complexity index is 878. The van der Waals surface area contributed by atoms with Crippen molar-refractivity contribution < 1.29 is 14.3 Å². The molecule has 4 nitrogen and oxygen atoms in total. The average Bonchev–Trinajstić information content (AvgIpc) is 3.07. The Balaban J connectivity index is 1.47. The van der Waals surface area contributed by atoms with Crippen LogP contribution >= 0.6 is 0 Å². The zero-order valence-corrected chi connectivity index (χ0v) is 15.4. The average molecular weight is 353 g/mol. The van der Waals surface area contributed by atoms with Gasteiger partial charge in [-0.2, -0.15) is 0 Å². The molecule has 138 valence electrons. The Morgan fingerprint density at radius 3 is 2.85 bits per heavy atom. The van der Waals surface area contributed by atoms with E-state index >= 15 is 0 Å². The molecule has 0 amide bonds. The van der Waals surface area contributed by atoms with E-state index < -0.39 is 0 Å². The number of fused-ring (bicyclic) bond motifs is 3. The van der Waals surface area contributed by atoms with E-state index in [4.69, 9.17) is 9.15 Å². The SMILES string of the molecule is CCCc1coc2ccc3cc(OCCN4CCC(O)CC4)ccc3c12. The molecule has 1 N–H and O–H groups in total. The summed E-state index contributed by atoms with van der Waals surface area (Å²) in [4.78, 5) is 2.36. The molecule has 3 aromatic rings. The molecule has 4 rings (SSSR count). The summed E-state index contributed by atoms with van der Waals surface area (Å²) in [6.45, 7) is 5.70. The zero-order valence-electron chi connectivity index (χ0n) is 15.4. The second-order valence-electron chi connectivity index (χ2n) is 7.25. The molecule has 0 radical (unpaired) electrons. The Kier molecular flexibility index (Phi) is 5.14. The van der Waals surface area contributed by atoms with Crippen molar-refractivity contribution in [1.29, 1.82) is 0 Å². The second kappa shape index (κ2) is 7.68. The van der Waals surface area contributed by atoms with Crippen molar-refractivity contribution in [2.45, 2.75) is 38.7 Å². The molecule has 1 aliphatic heterocycles. The van der Waals surface area contributed by atoms with Gasteiger partial charge in [0.1, 0.15) is 17.9 Å². The van der Waals surface area contributed by atoms with Gasteiger partial charge in [0.25, 0.3) is 0 Å². The van der Waals surface area contributed by atoms with Crippen LogP contribution in [0.5, 0.6) is 5.75 Å². The van der Waals surface area contributed by atoms with E-state index in [-0.39, 0.29) is 6.10 Å². The number of likely N-dealkylation sites (tertiary alicyclic amines) is 1. The number of aliphatic hydroxyl groups is 1. The topological polar surface area (TPSA) is 45.8 Å². The summed E-state index contributed by atoms with van der Waals surface area (Å²) in [5, 5.41) is 13.2. The van der Waals surface area contributed by atoms with Crippen molar-refractivity contribution in [1.82, 2.24) is 4.90 Å². The quantitative estimate of drug-likeness (QED) is 0.715. The third kappa shape index (κ3) is 3.57. The summed E-state index contributed by atoms with van der Waals surface area (Å²) in [6, 6.07) is 10.5. The lowest BCUT2D eigenvalue weighted by atomic mass is 10.0. The number of nitrogens with zero attached hydrogens (tertiary/aromatic N) is 1. The van der Waals surface area contributed by atoms with Gasteiger partial charge in [0.2, 0.25) is 0 Å². The number of hydrogen-bond donors (Lipinski definition) is 1. The molecule has 1 aromatic heterocycles. The summed E-state index contributed by atoms with van der Waals surface area (Å²) in [5.74, 6) is 0.912. The number of piperidine rings is 1. The first-order chi connectivity index (χ1) is 12.7. The minimum Gasteiger partial charge on any atom is -0.492 e. The molecule has 0 atom stereocenters. The highest BCUT2D eigenvalue weighted by molar-refractivity contribution is 6.07. The summed E-state index contributed by atoms with van der Waals surface area (Å²) >= 11 is 0. The third-order valence-electron chi connectivity index (χ3n) is 5.35. The number of ether oxygens (including phenoxy) is 1. The smallest absolute Gasteiger partial charge is 0.134 e. The van der Waals surface area contributed by atoms with E-state index in [0.29, 0.717) is 6.61 Å². The minimum atomic E-state index is -0.120. The Labute approximate surface area is 154 Å². The lowest BCUT2D eigenvalue weighted by Crippen LogP contribution is -2.38. The van der Waals surface area contributed by atoms with E-state index in [0.717, 1.165) is 56.7 Å². The van der Waals surface area contributed by atoms with Crippen LogP contribution in [0.1, 0.15) is 31.7 Å². The number of furan rings is 1. The minimum absolute atomic E-state index is 0.120. The fourth-order valence-corrected chi connectivity index (χ4v) is 3.89. The molecule has 0 aliphatic carbocycles. The molecule has 2 aromatic carbocycles. The molecule has 2 heterocycles. The van der Waals surface area contributed by atoms with Gasteiger partial charge in [-0.1, -0.05) is 19.4 Å². The zero-order chi connectivity index (χ0) is 17.9. The first-order valence-electron chi connectivity index (χ1n) is 9.70. The van der Waals surface area contributed by atoms with Gasteiger partial charge in [-0.05, 0) is 59.9 Å². The van der Waals surface area contributed by atoms with Crippen molar-refractivity contribution >= 4 is 21.7 Å². The predicted molar refractivity (Wildman–Crippen MR) is 105 cm³/mol. The van der Waals surface area contributed by atoms with Gasteiger partial charge in [-0.25, -0.2) is 0 Å². The molecule has 4 heteroatoms. The molecule has 0 spiro atoms. The van der Waals surface area contributed by atoms with E-state index in [1.54, 1.807) is 0 Å². The number of aryl methyl sites for hydroxylation is 1. The van der Waals surface area contributed by atoms with Crippen LogP contribution in [0, 0.1) is 0 Å². The number of rotatable bonds is 6. The predicted octanol–water partition coefficient (Wildman–Crippen LogP) is 4.37. The highest BCUT2D eigenvalue weighted by atomic mass is 16.5. The molecule has 1 aliphatic rings. The summed E-state index contributed by atoms with van der Waals surface area (Å²) in [7, 11) is 0. The number of aliphatic hydroxyl groups excluding tert-OH is 1. The first kappa shape index (κ1) is 17.4. The van der Waals surface area contributed by atoms with Crippen LogP contribution in [0.15, 0.2) is 41.0 Å². The van der Waals surface area contributed by atoms with E-state index in [2.05, 4.69) is 42.2 Å². The van der Waals surface area contributed by atoms with E-state index in [1.165, 1.54) is 21.7 Å². The third-order valence-corrected chi connectivity index (χ3v) is 5.35. The van der Waals surface area contributed by atoms with Gasteiger partial charge in [-0.15, -0.1) is 0 Å². The van der Waals surface area contributed by atoms with Crippen LogP contribution in [0.25, 0.3) is 21.7 Å². The van der Waals surface area contributed by atoms with Crippen molar-refractivity contribution in [2.24, 2.45) is 0 Å². The normalized spacial score (nSPS) is 16.5. The van der Waals surface area contributed by atoms with Crippen LogP contribution in [-0.4, -0.2) is 42.4 Å². The molecular formula is C22H27NO3. The molecule has 1 fully saturated rings. The van der Waals surface area contributed by atoms with Gasteiger partial charge in [0.05, 0.1) is 12.4 Å². The standard InChI is InChI=1S/C22H27NO3/c1-2-3-17-15-26-21-7-4-16-14-19(5-6-20(16)22(17)21)25-13-12-23-10-8-18(24)9-11-23/h4-7,14-15,18,24H,2-3,8-13H2,1H3. The van der Waals surface area contributed by atoms with Crippen molar-refractivity contribution in [2.75, 3.05) is 26.2 Å². The molecule has 0 bridgehead atoms. The Hall–Kier alpha value is -2.04. The van der Waals surface area contributed by atoms with Gasteiger partial charge in [0.15, 0.2) is 0 Å². The molecular weight excluding hydrogens is 326 g/mol. The monoisotopic (exact) mass is 353 g/mol. The number of hydrogen-bond acceptors (Lipinski definition) is 4. The van der Waals surface area contributed by atoms with Crippen molar-refractivity contribution in [3.05, 3.63) is 42.2 Å². The fourth-order valence-electron chi connectivity index (χ4n) is 3.89. The van der Waals surface area contributed by atoms with Crippen LogP contribution < -0.4 is 4.74 Å². The summed E-state index contributed by atoms with van der Waals surface area (Å²) in [6.07, 6.45) is 5.67. The van der Waals surface area contributed by atoms with Crippen LogP contribution in [-0.2, 0) is 6.42 Å². The Morgan fingerprint density at radius 2 is 2.04 bits per heavy atom. The maximum atomic E-state index is 9.58. The molecule has 0 unspecified atom stereocenters. The van der Waals surface area contributed by atoms with Crippen LogP contribution in [0.4, 0.5) is 0 Å².